The first-order valence-corrected chi connectivity index (χ1v) is 5.28. The van der Waals surface area contributed by atoms with Gasteiger partial charge in [-0.3, -0.25) is 4.99 Å². The van der Waals surface area contributed by atoms with Gasteiger partial charge in [0.1, 0.15) is 0 Å². The van der Waals surface area contributed by atoms with Crippen LogP contribution >= 0.6 is 0 Å². The van der Waals surface area contributed by atoms with Crippen molar-refractivity contribution < 1.29 is 8.78 Å². The van der Waals surface area contributed by atoms with Crippen molar-refractivity contribution in [1.82, 2.24) is 5.32 Å². The van der Waals surface area contributed by atoms with Crippen LogP contribution in [0.2, 0.25) is 0 Å². The SMILES string of the molecule is CC(C)CNC(N)=NCC1(C(F)F)CC1. The van der Waals surface area contributed by atoms with Crippen LogP contribution in [0.4, 0.5) is 8.78 Å². The summed E-state index contributed by atoms with van der Waals surface area (Å²) in [5, 5.41) is 2.90. The molecule has 0 amide bonds. The molecular formula is C10H19F2N3. The molecular weight excluding hydrogens is 200 g/mol. The van der Waals surface area contributed by atoms with Gasteiger partial charge in [0.15, 0.2) is 5.96 Å². The van der Waals surface area contributed by atoms with Crippen LogP contribution in [0.5, 0.6) is 0 Å². The lowest BCUT2D eigenvalue weighted by molar-refractivity contribution is 0.0667. The van der Waals surface area contributed by atoms with Crippen molar-refractivity contribution >= 4 is 5.96 Å². The zero-order chi connectivity index (χ0) is 11.5. The largest absolute Gasteiger partial charge is 0.370 e. The number of guanidine groups is 1. The molecule has 5 heteroatoms. The quantitative estimate of drug-likeness (QED) is 0.545. The summed E-state index contributed by atoms with van der Waals surface area (Å²) in [6.45, 7) is 4.95. The molecule has 1 saturated carbocycles. The molecule has 3 N–H and O–H groups in total. The average Bonchev–Trinajstić information content (AvgIpc) is 2.92. The molecule has 0 bridgehead atoms. The minimum atomic E-state index is -2.28. The zero-order valence-electron chi connectivity index (χ0n) is 9.26. The summed E-state index contributed by atoms with van der Waals surface area (Å²) in [6, 6.07) is 0. The fourth-order valence-corrected chi connectivity index (χ4v) is 1.21. The Hall–Kier alpha value is -0.870. The number of nitrogens with two attached hydrogens (primary N) is 1. The van der Waals surface area contributed by atoms with Crippen molar-refractivity contribution in [3.63, 3.8) is 0 Å². The van der Waals surface area contributed by atoms with Crippen molar-refractivity contribution in [3.05, 3.63) is 0 Å². The lowest BCUT2D eigenvalue weighted by Crippen LogP contribution is -2.35. The topological polar surface area (TPSA) is 50.4 Å². The Morgan fingerprint density at radius 2 is 2.07 bits per heavy atom. The summed E-state index contributed by atoms with van der Waals surface area (Å²) in [4.78, 5) is 3.95. The Labute approximate surface area is 89.1 Å². The second-order valence-electron chi connectivity index (χ2n) is 4.64. The van der Waals surface area contributed by atoms with Gasteiger partial charge in [0, 0.05) is 6.54 Å². The average molecular weight is 219 g/mol. The molecule has 3 nitrogen and oxygen atoms in total. The van der Waals surface area contributed by atoms with Gasteiger partial charge in [-0.1, -0.05) is 13.8 Å². The van der Waals surface area contributed by atoms with Crippen LogP contribution in [0.15, 0.2) is 4.99 Å². The molecule has 0 aromatic rings. The standard InChI is InChI=1S/C10H19F2N3/c1-7(2)5-14-9(13)15-6-10(3-4-10)8(11)12/h7-8H,3-6H2,1-2H3,(H3,13,14,15). The minimum absolute atomic E-state index is 0.140. The summed E-state index contributed by atoms with van der Waals surface area (Å²) in [5.41, 5.74) is 4.68. The third kappa shape index (κ3) is 3.64. The first-order chi connectivity index (χ1) is 6.96. The first-order valence-electron chi connectivity index (χ1n) is 5.28. The van der Waals surface area contributed by atoms with Gasteiger partial charge in [-0.2, -0.15) is 0 Å². The van der Waals surface area contributed by atoms with E-state index >= 15 is 0 Å². The fraction of sp³-hybridized carbons (Fsp3) is 0.900. The first kappa shape index (κ1) is 12.2. The monoisotopic (exact) mass is 219 g/mol. The fourth-order valence-electron chi connectivity index (χ4n) is 1.21. The highest BCUT2D eigenvalue weighted by molar-refractivity contribution is 5.77. The number of hydrogen-bond acceptors (Lipinski definition) is 1. The van der Waals surface area contributed by atoms with Gasteiger partial charge in [-0.25, -0.2) is 8.78 Å². The molecule has 1 aliphatic carbocycles. The highest BCUT2D eigenvalue weighted by Gasteiger charge is 2.50. The van der Waals surface area contributed by atoms with E-state index in [4.69, 9.17) is 5.73 Å². The molecule has 88 valence electrons. The maximum atomic E-state index is 12.5. The van der Waals surface area contributed by atoms with E-state index in [9.17, 15) is 8.78 Å². The Bertz CT molecular complexity index is 235. The van der Waals surface area contributed by atoms with Crippen LogP contribution in [0, 0.1) is 11.3 Å². The van der Waals surface area contributed by atoms with Gasteiger partial charge in [-0.15, -0.1) is 0 Å². The van der Waals surface area contributed by atoms with E-state index in [1.807, 2.05) is 13.8 Å². The number of rotatable bonds is 5. The van der Waals surface area contributed by atoms with E-state index < -0.39 is 11.8 Å². The highest BCUT2D eigenvalue weighted by Crippen LogP contribution is 2.50. The number of nitrogens with zero attached hydrogens (tertiary/aromatic N) is 1. The summed E-state index contributed by atoms with van der Waals surface area (Å²) in [6.07, 6.45) is -1.16. The third-order valence-electron chi connectivity index (χ3n) is 2.61. The number of halogens is 2. The predicted octanol–water partition coefficient (Wildman–Crippen LogP) is 1.59. The van der Waals surface area contributed by atoms with Gasteiger partial charge in [0.25, 0.3) is 0 Å². The van der Waals surface area contributed by atoms with Gasteiger partial charge in [0.05, 0.1) is 12.0 Å². The normalized spacial score (nSPS) is 19.7. The molecule has 0 aromatic carbocycles. The summed E-state index contributed by atoms with van der Waals surface area (Å²) >= 11 is 0. The van der Waals surface area contributed by atoms with E-state index in [0.29, 0.717) is 18.8 Å². The molecule has 0 saturated heterocycles. The van der Waals surface area contributed by atoms with Crippen molar-refractivity contribution in [1.29, 1.82) is 0 Å². The molecule has 0 heterocycles. The Morgan fingerprint density at radius 1 is 1.47 bits per heavy atom. The van der Waals surface area contributed by atoms with Crippen LogP contribution in [-0.2, 0) is 0 Å². The van der Waals surface area contributed by atoms with Crippen LogP contribution in [0.3, 0.4) is 0 Å². The molecule has 0 spiro atoms. The van der Waals surface area contributed by atoms with Crippen molar-refractivity contribution in [2.75, 3.05) is 13.1 Å². The molecule has 0 aromatic heterocycles. The Balaban J connectivity index is 2.31. The van der Waals surface area contributed by atoms with Gasteiger partial charge < -0.3 is 11.1 Å². The molecule has 15 heavy (non-hydrogen) atoms. The van der Waals surface area contributed by atoms with E-state index in [2.05, 4.69) is 10.3 Å². The van der Waals surface area contributed by atoms with Crippen molar-refractivity contribution in [2.24, 2.45) is 22.1 Å². The number of aliphatic imine (C=N–C) groups is 1. The molecule has 0 radical (unpaired) electrons. The second-order valence-corrected chi connectivity index (χ2v) is 4.64. The predicted molar refractivity (Wildman–Crippen MR) is 57.0 cm³/mol. The van der Waals surface area contributed by atoms with E-state index in [1.54, 1.807) is 0 Å². The number of nitrogens with one attached hydrogen (secondary N) is 1. The molecule has 0 atom stereocenters. The summed E-state index contributed by atoms with van der Waals surface area (Å²) in [7, 11) is 0. The van der Waals surface area contributed by atoms with Crippen molar-refractivity contribution in [3.8, 4) is 0 Å². The van der Waals surface area contributed by atoms with Gasteiger partial charge >= 0.3 is 0 Å². The molecule has 0 unspecified atom stereocenters. The van der Waals surface area contributed by atoms with Crippen molar-refractivity contribution in [2.45, 2.75) is 33.1 Å². The van der Waals surface area contributed by atoms with Crippen LogP contribution in [0.25, 0.3) is 0 Å². The van der Waals surface area contributed by atoms with Gasteiger partial charge in [-0.05, 0) is 18.8 Å². The van der Waals surface area contributed by atoms with E-state index in [1.165, 1.54) is 0 Å². The molecule has 1 aliphatic rings. The summed E-state index contributed by atoms with van der Waals surface area (Å²) in [5.74, 6) is 0.736. The summed E-state index contributed by atoms with van der Waals surface area (Å²) < 4.78 is 25.0. The van der Waals surface area contributed by atoms with Crippen LogP contribution < -0.4 is 11.1 Å². The third-order valence-corrected chi connectivity index (χ3v) is 2.61. The van der Waals surface area contributed by atoms with E-state index in [-0.39, 0.29) is 12.5 Å². The zero-order valence-corrected chi connectivity index (χ0v) is 9.26. The van der Waals surface area contributed by atoms with Crippen LogP contribution in [0.1, 0.15) is 26.7 Å². The van der Waals surface area contributed by atoms with Gasteiger partial charge in [0.2, 0.25) is 6.43 Å². The Kier molecular flexibility index (Phi) is 3.88. The molecule has 0 aliphatic heterocycles. The Morgan fingerprint density at radius 3 is 2.47 bits per heavy atom. The van der Waals surface area contributed by atoms with Crippen LogP contribution in [-0.4, -0.2) is 25.5 Å². The minimum Gasteiger partial charge on any atom is -0.370 e. The maximum Gasteiger partial charge on any atom is 0.245 e. The second kappa shape index (κ2) is 4.77. The maximum absolute atomic E-state index is 12.5. The number of hydrogen-bond donors (Lipinski definition) is 2. The number of alkyl halides is 2. The smallest absolute Gasteiger partial charge is 0.245 e. The molecule has 1 fully saturated rings. The lowest BCUT2D eigenvalue weighted by atomic mass is 10.1. The molecule has 1 rings (SSSR count). The van der Waals surface area contributed by atoms with E-state index in [0.717, 1.165) is 6.54 Å². The lowest BCUT2D eigenvalue weighted by Gasteiger charge is -2.12. The highest BCUT2D eigenvalue weighted by atomic mass is 19.3.